The summed E-state index contributed by atoms with van der Waals surface area (Å²) in [6.07, 6.45) is 3.71. The molecule has 3 nitrogen and oxygen atoms in total. The van der Waals surface area contributed by atoms with E-state index in [1.54, 1.807) is 0 Å². The molecule has 1 aromatic carbocycles. The highest BCUT2D eigenvalue weighted by Gasteiger charge is 2.39. The topological polar surface area (TPSA) is 41.3 Å². The third-order valence-corrected chi connectivity index (χ3v) is 4.47. The highest BCUT2D eigenvalue weighted by Crippen LogP contribution is 2.35. The quantitative estimate of drug-likeness (QED) is 0.620. The van der Waals surface area contributed by atoms with E-state index < -0.39 is 0 Å². The molecule has 0 amide bonds. The van der Waals surface area contributed by atoms with Crippen LogP contribution in [0.3, 0.4) is 0 Å². The zero-order valence-electron chi connectivity index (χ0n) is 11.5. The van der Waals surface area contributed by atoms with Crippen molar-refractivity contribution in [2.24, 2.45) is 5.84 Å². The van der Waals surface area contributed by atoms with Crippen molar-refractivity contribution < 1.29 is 0 Å². The Morgan fingerprint density at radius 2 is 1.89 bits per heavy atom. The van der Waals surface area contributed by atoms with Crippen LogP contribution in [0, 0.1) is 0 Å². The minimum atomic E-state index is 0.0899. The van der Waals surface area contributed by atoms with Crippen molar-refractivity contribution in [3.05, 3.63) is 35.9 Å². The van der Waals surface area contributed by atoms with Gasteiger partial charge in [0, 0.05) is 5.54 Å². The summed E-state index contributed by atoms with van der Waals surface area (Å²) in [5.41, 5.74) is 4.41. The smallest absolute Gasteiger partial charge is 0.0641 e. The summed E-state index contributed by atoms with van der Waals surface area (Å²) in [7, 11) is 0. The van der Waals surface area contributed by atoms with E-state index in [4.69, 9.17) is 5.84 Å². The lowest BCUT2D eigenvalue weighted by Gasteiger charge is -2.44. The van der Waals surface area contributed by atoms with Crippen LogP contribution in [0.5, 0.6) is 0 Å². The summed E-state index contributed by atoms with van der Waals surface area (Å²) in [4.78, 5) is 2.59. The molecule has 100 valence electrons. The number of benzene rings is 1. The molecule has 1 saturated heterocycles. The second kappa shape index (κ2) is 5.83. The molecule has 1 aliphatic heterocycles. The molecule has 18 heavy (non-hydrogen) atoms. The van der Waals surface area contributed by atoms with Gasteiger partial charge < -0.3 is 0 Å². The largest absolute Gasteiger partial charge is 0.296 e. The van der Waals surface area contributed by atoms with Crippen molar-refractivity contribution in [1.82, 2.24) is 10.3 Å². The number of nitrogens with zero attached hydrogens (tertiary/aromatic N) is 1. The normalized spacial score (nSPS) is 21.7. The van der Waals surface area contributed by atoms with Crippen LogP contribution in [0.2, 0.25) is 0 Å². The molecule has 0 radical (unpaired) electrons. The van der Waals surface area contributed by atoms with Gasteiger partial charge >= 0.3 is 0 Å². The highest BCUT2D eigenvalue weighted by molar-refractivity contribution is 5.23. The Labute approximate surface area is 110 Å². The molecule has 1 heterocycles. The Kier molecular flexibility index (Phi) is 4.38. The lowest BCUT2D eigenvalue weighted by Crippen LogP contribution is -2.54. The summed E-state index contributed by atoms with van der Waals surface area (Å²) in [5.74, 6) is 5.86. The number of hydrogen-bond donors (Lipinski definition) is 2. The van der Waals surface area contributed by atoms with E-state index in [1.165, 1.54) is 31.5 Å². The molecule has 1 aliphatic rings. The zero-order chi connectivity index (χ0) is 13.0. The molecule has 2 rings (SSSR count). The Morgan fingerprint density at radius 1 is 1.28 bits per heavy atom. The number of hydrogen-bond acceptors (Lipinski definition) is 3. The number of rotatable bonds is 5. The number of likely N-dealkylation sites (tertiary alicyclic amines) is 1. The van der Waals surface area contributed by atoms with E-state index in [-0.39, 0.29) is 11.6 Å². The second-order valence-corrected chi connectivity index (χ2v) is 5.42. The Hall–Kier alpha value is -0.900. The van der Waals surface area contributed by atoms with Crippen molar-refractivity contribution in [1.29, 1.82) is 0 Å². The molecule has 0 aromatic heterocycles. The van der Waals surface area contributed by atoms with E-state index >= 15 is 0 Å². The van der Waals surface area contributed by atoms with Crippen LogP contribution in [-0.4, -0.2) is 23.5 Å². The molecule has 3 heteroatoms. The first-order valence-corrected chi connectivity index (χ1v) is 6.98. The summed E-state index contributed by atoms with van der Waals surface area (Å²) in [6, 6.07) is 10.7. The molecule has 3 N–H and O–H groups in total. The number of hydrazine groups is 1. The van der Waals surface area contributed by atoms with Crippen LogP contribution in [0.1, 0.15) is 44.7 Å². The predicted molar refractivity (Wildman–Crippen MR) is 76.0 cm³/mol. The van der Waals surface area contributed by atoms with Crippen LogP contribution < -0.4 is 11.3 Å². The SMILES string of the molecule is CCC(C)(C(NN)c1ccccc1)N1CCCC1. The van der Waals surface area contributed by atoms with E-state index in [2.05, 4.69) is 54.5 Å². The molecule has 2 unspecified atom stereocenters. The molecule has 1 aromatic rings. The lowest BCUT2D eigenvalue weighted by molar-refractivity contribution is 0.0840. The lowest BCUT2D eigenvalue weighted by atomic mass is 9.83. The van der Waals surface area contributed by atoms with Crippen LogP contribution in [0.15, 0.2) is 30.3 Å². The molecule has 0 saturated carbocycles. The average Bonchev–Trinajstić information content (AvgIpc) is 2.95. The van der Waals surface area contributed by atoms with Gasteiger partial charge in [0.2, 0.25) is 0 Å². The van der Waals surface area contributed by atoms with Crippen LogP contribution in [-0.2, 0) is 0 Å². The van der Waals surface area contributed by atoms with Crippen molar-refractivity contribution >= 4 is 0 Å². The molecule has 0 spiro atoms. The second-order valence-electron chi connectivity index (χ2n) is 5.42. The first-order chi connectivity index (χ1) is 8.72. The number of nitrogens with two attached hydrogens (primary N) is 1. The van der Waals surface area contributed by atoms with Gasteiger partial charge in [-0.05, 0) is 44.8 Å². The van der Waals surface area contributed by atoms with Crippen LogP contribution in [0.4, 0.5) is 0 Å². The van der Waals surface area contributed by atoms with Gasteiger partial charge in [-0.3, -0.25) is 16.2 Å². The first kappa shape index (κ1) is 13.5. The molecule has 0 bridgehead atoms. The summed E-state index contributed by atoms with van der Waals surface area (Å²) >= 11 is 0. The zero-order valence-corrected chi connectivity index (χ0v) is 11.5. The summed E-state index contributed by atoms with van der Waals surface area (Å²) in [5, 5.41) is 0. The average molecular weight is 247 g/mol. The standard InChI is InChI=1S/C15H25N3/c1-3-15(2,18-11-7-8-12-18)14(17-16)13-9-5-4-6-10-13/h4-6,9-10,14,17H,3,7-8,11-12,16H2,1-2H3. The van der Waals surface area contributed by atoms with E-state index in [1.807, 2.05) is 0 Å². The summed E-state index contributed by atoms with van der Waals surface area (Å²) < 4.78 is 0. The van der Waals surface area contributed by atoms with Crippen molar-refractivity contribution in [2.45, 2.75) is 44.7 Å². The van der Waals surface area contributed by atoms with Gasteiger partial charge in [-0.1, -0.05) is 37.3 Å². The van der Waals surface area contributed by atoms with E-state index in [0.29, 0.717) is 0 Å². The highest BCUT2D eigenvalue weighted by atomic mass is 15.3. The fourth-order valence-corrected chi connectivity index (χ4v) is 3.12. The van der Waals surface area contributed by atoms with Crippen LogP contribution >= 0.6 is 0 Å². The molecule has 2 atom stereocenters. The van der Waals surface area contributed by atoms with Gasteiger partial charge in [0.1, 0.15) is 0 Å². The molecular weight excluding hydrogens is 222 g/mol. The monoisotopic (exact) mass is 247 g/mol. The molecule has 0 aliphatic carbocycles. The maximum atomic E-state index is 5.86. The Bertz CT molecular complexity index is 359. The predicted octanol–water partition coefficient (Wildman–Crippen LogP) is 2.46. The third-order valence-electron chi connectivity index (χ3n) is 4.47. The first-order valence-electron chi connectivity index (χ1n) is 6.98. The fraction of sp³-hybridized carbons (Fsp3) is 0.600. The van der Waals surface area contributed by atoms with Gasteiger partial charge in [-0.15, -0.1) is 0 Å². The Morgan fingerprint density at radius 3 is 2.39 bits per heavy atom. The van der Waals surface area contributed by atoms with Gasteiger partial charge in [0.25, 0.3) is 0 Å². The van der Waals surface area contributed by atoms with Gasteiger partial charge in [-0.2, -0.15) is 0 Å². The summed E-state index contributed by atoms with van der Waals surface area (Å²) in [6.45, 7) is 6.96. The minimum Gasteiger partial charge on any atom is -0.296 e. The Balaban J connectivity index is 2.28. The van der Waals surface area contributed by atoms with Gasteiger partial charge in [0.05, 0.1) is 6.04 Å². The maximum Gasteiger partial charge on any atom is 0.0641 e. The van der Waals surface area contributed by atoms with Gasteiger partial charge in [-0.25, -0.2) is 0 Å². The van der Waals surface area contributed by atoms with E-state index in [9.17, 15) is 0 Å². The molecular formula is C15H25N3. The fourth-order valence-electron chi connectivity index (χ4n) is 3.12. The van der Waals surface area contributed by atoms with Crippen molar-refractivity contribution in [3.63, 3.8) is 0 Å². The molecule has 1 fully saturated rings. The third kappa shape index (κ3) is 2.44. The van der Waals surface area contributed by atoms with E-state index in [0.717, 1.165) is 6.42 Å². The minimum absolute atomic E-state index is 0.0899. The van der Waals surface area contributed by atoms with Crippen molar-refractivity contribution in [2.75, 3.05) is 13.1 Å². The maximum absolute atomic E-state index is 5.86. The van der Waals surface area contributed by atoms with Gasteiger partial charge in [0.15, 0.2) is 0 Å². The van der Waals surface area contributed by atoms with Crippen LogP contribution in [0.25, 0.3) is 0 Å². The van der Waals surface area contributed by atoms with Crippen molar-refractivity contribution in [3.8, 4) is 0 Å². The number of nitrogens with one attached hydrogen (secondary N) is 1.